The highest BCUT2D eigenvalue weighted by molar-refractivity contribution is 5.60. The molecule has 0 aliphatic carbocycles. The minimum absolute atomic E-state index is 0.115. The second-order valence-electron chi connectivity index (χ2n) is 1.86. The van der Waals surface area contributed by atoms with Gasteiger partial charge in [0, 0.05) is 0 Å². The van der Waals surface area contributed by atoms with Crippen LogP contribution in [0.2, 0.25) is 0 Å². The minimum Gasteiger partial charge on any atom is -0.394 e. The van der Waals surface area contributed by atoms with Gasteiger partial charge in [0.25, 0.3) is 6.43 Å². The smallest absolute Gasteiger partial charge is 0.282 e. The molecule has 4 N–H and O–H groups in total. The maximum Gasteiger partial charge on any atom is 0.282 e. The summed E-state index contributed by atoms with van der Waals surface area (Å²) in [5, 5.41) is 0. The fraction of sp³-hybridized carbons (Fsp3) is 0.200. The van der Waals surface area contributed by atoms with Gasteiger partial charge in [0.05, 0.1) is 0 Å². The van der Waals surface area contributed by atoms with Crippen LogP contribution in [0, 0.1) is 0 Å². The Bertz CT molecular complexity index is 263. The average Bonchev–Trinajstić information content (AvgIpc) is 1.94. The van der Waals surface area contributed by atoms with Gasteiger partial charge in [-0.1, -0.05) is 0 Å². The summed E-state index contributed by atoms with van der Waals surface area (Å²) in [7, 11) is 0. The molecule has 11 heavy (non-hydrogen) atoms. The van der Waals surface area contributed by atoms with Crippen LogP contribution in [0.5, 0.6) is 0 Å². The topological polar surface area (TPSA) is 77.8 Å². The van der Waals surface area contributed by atoms with Crippen LogP contribution in [0.1, 0.15) is 12.1 Å². The van der Waals surface area contributed by atoms with Gasteiger partial charge >= 0.3 is 0 Å². The molecule has 0 saturated carbocycles. The lowest BCUT2D eigenvalue weighted by molar-refractivity contribution is 0.147. The van der Waals surface area contributed by atoms with Gasteiger partial charge in [0.1, 0.15) is 17.7 Å². The molecule has 0 saturated heterocycles. The molecule has 60 valence electrons. The van der Waals surface area contributed by atoms with Gasteiger partial charge < -0.3 is 11.5 Å². The van der Waals surface area contributed by atoms with E-state index in [0.29, 0.717) is 0 Å². The monoisotopic (exact) mass is 160 g/mol. The number of hydrogen-bond donors (Lipinski definition) is 2. The highest BCUT2D eigenvalue weighted by atomic mass is 19.3. The molecule has 0 amide bonds. The van der Waals surface area contributed by atoms with E-state index in [4.69, 9.17) is 11.5 Å². The fourth-order valence-electron chi connectivity index (χ4n) is 0.597. The first-order valence-corrected chi connectivity index (χ1v) is 2.77. The summed E-state index contributed by atoms with van der Waals surface area (Å²) in [5.41, 5.74) is 9.54. The molecule has 0 radical (unpaired) electrons. The molecule has 0 spiro atoms. The number of nitrogen functional groups attached to an aromatic ring is 2. The second-order valence-corrected chi connectivity index (χ2v) is 1.86. The Hall–Kier alpha value is -1.46. The Morgan fingerprint density at radius 3 is 2.36 bits per heavy atom. The largest absolute Gasteiger partial charge is 0.394 e. The summed E-state index contributed by atoms with van der Waals surface area (Å²) < 4.78 is 24.0. The molecule has 0 fully saturated rings. The predicted molar refractivity (Wildman–Crippen MR) is 35.8 cm³/mol. The van der Waals surface area contributed by atoms with Crippen LogP contribution < -0.4 is 11.5 Å². The number of hydrogen-bond acceptors (Lipinski definition) is 4. The zero-order valence-corrected chi connectivity index (χ0v) is 5.46. The standard InChI is InChI=1S/C5H6F2N4/c6-4(7)3-2(8)5(9)11-1-10-3/h1,4H,8H2,(H2,9,10,11). The number of anilines is 2. The molecule has 1 aromatic rings. The zero-order chi connectivity index (χ0) is 8.43. The van der Waals surface area contributed by atoms with Gasteiger partial charge in [-0.2, -0.15) is 0 Å². The molecule has 0 aliphatic rings. The minimum atomic E-state index is -2.71. The second kappa shape index (κ2) is 2.65. The van der Waals surface area contributed by atoms with Gasteiger partial charge in [0.2, 0.25) is 0 Å². The first kappa shape index (κ1) is 7.64. The summed E-state index contributed by atoms with van der Waals surface area (Å²) >= 11 is 0. The molecule has 1 rings (SSSR count). The van der Waals surface area contributed by atoms with E-state index in [1.807, 2.05) is 0 Å². The molecular formula is C5H6F2N4. The summed E-state index contributed by atoms with van der Waals surface area (Å²) in [6, 6.07) is 0. The van der Waals surface area contributed by atoms with Crippen molar-refractivity contribution < 1.29 is 8.78 Å². The van der Waals surface area contributed by atoms with Crippen molar-refractivity contribution in [3.05, 3.63) is 12.0 Å². The van der Waals surface area contributed by atoms with Crippen molar-refractivity contribution in [2.45, 2.75) is 6.43 Å². The van der Waals surface area contributed by atoms with Crippen molar-refractivity contribution in [1.29, 1.82) is 0 Å². The van der Waals surface area contributed by atoms with Gasteiger partial charge in [-0.05, 0) is 0 Å². The number of aromatic nitrogens is 2. The molecule has 6 heteroatoms. The number of nitrogens with two attached hydrogens (primary N) is 2. The van der Waals surface area contributed by atoms with Crippen LogP contribution >= 0.6 is 0 Å². The number of nitrogens with zero attached hydrogens (tertiary/aromatic N) is 2. The maximum absolute atomic E-state index is 12.0. The lowest BCUT2D eigenvalue weighted by atomic mass is 10.3. The van der Waals surface area contributed by atoms with Crippen LogP contribution in [-0.2, 0) is 0 Å². The van der Waals surface area contributed by atoms with E-state index in [0.717, 1.165) is 6.33 Å². The molecule has 0 unspecified atom stereocenters. The number of alkyl halides is 2. The first-order valence-electron chi connectivity index (χ1n) is 2.77. The third-order valence-electron chi connectivity index (χ3n) is 1.15. The SMILES string of the molecule is Nc1ncnc(C(F)F)c1N. The molecule has 0 aromatic carbocycles. The van der Waals surface area contributed by atoms with Gasteiger partial charge in [-0.25, -0.2) is 18.7 Å². The van der Waals surface area contributed by atoms with Crippen molar-refractivity contribution in [2.75, 3.05) is 11.5 Å². The molecule has 0 atom stereocenters. The van der Waals surface area contributed by atoms with Crippen LogP contribution in [0.25, 0.3) is 0 Å². The van der Waals surface area contributed by atoms with Crippen molar-refractivity contribution >= 4 is 11.5 Å². The summed E-state index contributed by atoms with van der Waals surface area (Å²) in [5.74, 6) is -0.115. The van der Waals surface area contributed by atoms with E-state index in [1.165, 1.54) is 0 Å². The van der Waals surface area contributed by atoms with E-state index < -0.39 is 12.1 Å². The highest BCUT2D eigenvalue weighted by Gasteiger charge is 2.14. The molecule has 0 bridgehead atoms. The third kappa shape index (κ3) is 1.34. The predicted octanol–water partition coefficient (Wildman–Crippen LogP) is 0.579. The van der Waals surface area contributed by atoms with Crippen molar-refractivity contribution in [3.8, 4) is 0 Å². The molecule has 1 aromatic heterocycles. The van der Waals surface area contributed by atoms with Crippen molar-refractivity contribution in [3.63, 3.8) is 0 Å². The Balaban J connectivity index is 3.17. The quantitative estimate of drug-likeness (QED) is 0.629. The average molecular weight is 160 g/mol. The maximum atomic E-state index is 12.0. The number of rotatable bonds is 1. The number of halogens is 2. The summed E-state index contributed by atoms with van der Waals surface area (Å²) in [6.45, 7) is 0. The highest BCUT2D eigenvalue weighted by Crippen LogP contribution is 2.24. The molecular weight excluding hydrogens is 154 g/mol. The van der Waals surface area contributed by atoms with Gasteiger partial charge in [-0.3, -0.25) is 0 Å². The van der Waals surface area contributed by atoms with Gasteiger partial charge in [-0.15, -0.1) is 0 Å². The van der Waals surface area contributed by atoms with E-state index in [1.54, 1.807) is 0 Å². The van der Waals surface area contributed by atoms with Crippen LogP contribution in [0.15, 0.2) is 6.33 Å². The summed E-state index contributed by atoms with van der Waals surface area (Å²) in [6.07, 6.45) is -1.76. The Kier molecular flexibility index (Phi) is 1.84. The van der Waals surface area contributed by atoms with E-state index in [-0.39, 0.29) is 11.5 Å². The van der Waals surface area contributed by atoms with Crippen LogP contribution in [0.4, 0.5) is 20.3 Å². The molecule has 0 aliphatic heterocycles. The third-order valence-corrected chi connectivity index (χ3v) is 1.15. The van der Waals surface area contributed by atoms with Gasteiger partial charge in [0.15, 0.2) is 5.82 Å². The first-order chi connectivity index (χ1) is 5.13. The van der Waals surface area contributed by atoms with E-state index in [2.05, 4.69) is 9.97 Å². The summed E-state index contributed by atoms with van der Waals surface area (Å²) in [4.78, 5) is 6.70. The van der Waals surface area contributed by atoms with Crippen LogP contribution in [0.3, 0.4) is 0 Å². The normalized spacial score (nSPS) is 10.5. The lowest BCUT2D eigenvalue weighted by Crippen LogP contribution is -2.04. The van der Waals surface area contributed by atoms with Crippen molar-refractivity contribution in [2.24, 2.45) is 0 Å². The molecule has 4 nitrogen and oxygen atoms in total. The Morgan fingerprint density at radius 2 is 1.91 bits per heavy atom. The van der Waals surface area contributed by atoms with Crippen molar-refractivity contribution in [1.82, 2.24) is 9.97 Å². The van der Waals surface area contributed by atoms with Crippen LogP contribution in [-0.4, -0.2) is 9.97 Å². The lowest BCUT2D eigenvalue weighted by Gasteiger charge is -2.03. The zero-order valence-electron chi connectivity index (χ0n) is 5.46. The van der Waals surface area contributed by atoms with E-state index in [9.17, 15) is 8.78 Å². The van der Waals surface area contributed by atoms with E-state index >= 15 is 0 Å². The molecule has 1 heterocycles. The Labute approximate surface area is 61.2 Å². The Morgan fingerprint density at radius 1 is 1.27 bits per heavy atom. The fourth-order valence-corrected chi connectivity index (χ4v) is 0.597.